The average molecular weight is 462 g/mol. The standard InChI is InChI=1S/C23H19N5O2S2/c1-15-11-12-19(30-2)18(13-15)28-23(24-25-26-28)31-14-22(29)27-16-7-3-5-9-20(16)32-21-10-6-4-8-17(21)27/h3-13H,14H2,1-2H3. The summed E-state index contributed by atoms with van der Waals surface area (Å²) < 4.78 is 7.08. The SMILES string of the molecule is COc1ccc(C)cc1-n1nnnc1SCC(=O)N1c2ccccc2Sc2ccccc21. The lowest BCUT2D eigenvalue weighted by Gasteiger charge is -2.30. The van der Waals surface area contributed by atoms with Gasteiger partial charge in [-0.15, -0.1) is 5.10 Å². The predicted molar refractivity (Wildman–Crippen MR) is 125 cm³/mol. The van der Waals surface area contributed by atoms with Crippen molar-refractivity contribution in [2.24, 2.45) is 0 Å². The van der Waals surface area contributed by atoms with Gasteiger partial charge in [-0.05, 0) is 59.3 Å². The van der Waals surface area contributed by atoms with Crippen LogP contribution in [0.15, 0.2) is 81.7 Å². The highest BCUT2D eigenvalue weighted by molar-refractivity contribution is 8.00. The number of tetrazole rings is 1. The molecule has 1 aliphatic heterocycles. The van der Waals surface area contributed by atoms with E-state index >= 15 is 0 Å². The van der Waals surface area contributed by atoms with Crippen LogP contribution in [0.25, 0.3) is 5.69 Å². The third-order valence-corrected chi connectivity index (χ3v) is 7.04. The first-order valence-corrected chi connectivity index (χ1v) is 11.7. The number of amides is 1. The number of aryl methyl sites for hydroxylation is 1. The van der Waals surface area contributed by atoms with E-state index in [2.05, 4.69) is 15.5 Å². The number of rotatable bonds is 5. The Hall–Kier alpha value is -3.30. The zero-order chi connectivity index (χ0) is 22.1. The largest absolute Gasteiger partial charge is 0.494 e. The fourth-order valence-corrected chi connectivity index (χ4v) is 5.34. The Bertz CT molecular complexity index is 1260. The molecular formula is C23H19N5O2S2. The highest BCUT2D eigenvalue weighted by atomic mass is 32.2. The number of para-hydroxylation sites is 2. The number of fused-ring (bicyclic) bond motifs is 2. The minimum absolute atomic E-state index is 0.0408. The summed E-state index contributed by atoms with van der Waals surface area (Å²) in [5, 5.41) is 12.6. The van der Waals surface area contributed by atoms with Crippen LogP contribution in [0.1, 0.15) is 5.56 Å². The fraction of sp³-hybridized carbons (Fsp3) is 0.130. The molecule has 1 amide bonds. The zero-order valence-electron chi connectivity index (χ0n) is 17.4. The molecular weight excluding hydrogens is 442 g/mol. The molecule has 1 aromatic heterocycles. The first-order valence-electron chi connectivity index (χ1n) is 9.91. The number of nitrogens with zero attached hydrogens (tertiary/aromatic N) is 5. The van der Waals surface area contributed by atoms with Gasteiger partial charge in [0, 0.05) is 9.79 Å². The number of aromatic nitrogens is 4. The quantitative estimate of drug-likeness (QED) is 0.391. The number of hydrogen-bond acceptors (Lipinski definition) is 7. The minimum atomic E-state index is -0.0408. The van der Waals surface area contributed by atoms with Crippen LogP contribution in [0.2, 0.25) is 0 Å². The molecule has 0 spiro atoms. The molecule has 1 aliphatic rings. The Kier molecular flexibility index (Phi) is 5.59. The van der Waals surface area contributed by atoms with Gasteiger partial charge in [0.2, 0.25) is 11.1 Å². The van der Waals surface area contributed by atoms with E-state index in [-0.39, 0.29) is 11.7 Å². The fourth-order valence-electron chi connectivity index (χ4n) is 3.55. The lowest BCUT2D eigenvalue weighted by atomic mass is 10.2. The van der Waals surface area contributed by atoms with Gasteiger partial charge in [0.1, 0.15) is 11.4 Å². The number of carbonyl (C=O) groups excluding carboxylic acids is 1. The molecule has 0 fully saturated rings. The predicted octanol–water partition coefficient (Wildman–Crippen LogP) is 4.90. The molecule has 0 aliphatic carbocycles. The Labute approximate surface area is 193 Å². The van der Waals surface area contributed by atoms with Gasteiger partial charge in [-0.2, -0.15) is 4.68 Å². The van der Waals surface area contributed by atoms with Crippen molar-refractivity contribution >= 4 is 40.8 Å². The van der Waals surface area contributed by atoms with E-state index < -0.39 is 0 Å². The molecule has 7 nitrogen and oxygen atoms in total. The maximum atomic E-state index is 13.4. The van der Waals surface area contributed by atoms with Crippen molar-refractivity contribution in [2.45, 2.75) is 21.9 Å². The minimum Gasteiger partial charge on any atom is -0.494 e. The summed E-state index contributed by atoms with van der Waals surface area (Å²) >= 11 is 2.97. The molecule has 3 aromatic carbocycles. The van der Waals surface area contributed by atoms with E-state index in [1.54, 1.807) is 28.5 Å². The molecule has 5 rings (SSSR count). The Morgan fingerprint density at radius 1 is 1.00 bits per heavy atom. The number of hydrogen-bond donors (Lipinski definition) is 0. The normalized spacial score (nSPS) is 12.2. The van der Waals surface area contributed by atoms with Crippen LogP contribution in [0, 0.1) is 6.92 Å². The first-order chi connectivity index (χ1) is 15.7. The summed E-state index contributed by atoms with van der Waals surface area (Å²) in [4.78, 5) is 17.3. The lowest BCUT2D eigenvalue weighted by Crippen LogP contribution is -2.30. The van der Waals surface area contributed by atoms with Crippen LogP contribution >= 0.6 is 23.5 Å². The van der Waals surface area contributed by atoms with Crippen LogP contribution < -0.4 is 9.64 Å². The van der Waals surface area contributed by atoms with E-state index in [1.807, 2.05) is 73.7 Å². The van der Waals surface area contributed by atoms with E-state index in [0.717, 1.165) is 32.4 Å². The molecule has 9 heteroatoms. The molecule has 0 radical (unpaired) electrons. The molecule has 0 unspecified atom stereocenters. The van der Waals surface area contributed by atoms with E-state index in [9.17, 15) is 4.79 Å². The van der Waals surface area contributed by atoms with Crippen molar-refractivity contribution in [2.75, 3.05) is 17.8 Å². The number of anilines is 2. The third-order valence-electron chi connectivity index (χ3n) is 5.01. The summed E-state index contributed by atoms with van der Waals surface area (Å²) in [6.07, 6.45) is 0. The van der Waals surface area contributed by atoms with Crippen molar-refractivity contribution in [3.63, 3.8) is 0 Å². The molecule has 32 heavy (non-hydrogen) atoms. The molecule has 160 valence electrons. The Morgan fingerprint density at radius 2 is 1.69 bits per heavy atom. The number of thioether (sulfide) groups is 1. The van der Waals surface area contributed by atoms with Crippen molar-refractivity contribution in [3.8, 4) is 11.4 Å². The second kappa shape index (κ2) is 8.68. The molecule has 0 N–H and O–H groups in total. The van der Waals surface area contributed by atoms with Crippen LogP contribution in [0.5, 0.6) is 5.75 Å². The number of methoxy groups -OCH3 is 1. The summed E-state index contributed by atoms with van der Waals surface area (Å²) in [5.41, 5.74) is 3.57. The topological polar surface area (TPSA) is 73.1 Å². The Balaban J connectivity index is 1.43. The van der Waals surface area contributed by atoms with Gasteiger partial charge in [-0.25, -0.2) is 0 Å². The first kappa shape index (κ1) is 20.6. The summed E-state index contributed by atoms with van der Waals surface area (Å²) in [7, 11) is 1.61. The van der Waals surface area contributed by atoms with Crippen molar-refractivity contribution in [3.05, 3.63) is 72.3 Å². The highest BCUT2D eigenvalue weighted by Gasteiger charge is 2.28. The van der Waals surface area contributed by atoms with Gasteiger partial charge in [-0.1, -0.05) is 53.9 Å². The van der Waals surface area contributed by atoms with Crippen LogP contribution in [0.4, 0.5) is 11.4 Å². The van der Waals surface area contributed by atoms with E-state index in [4.69, 9.17) is 4.74 Å². The summed E-state index contributed by atoms with van der Waals surface area (Å²) in [6, 6.07) is 21.7. The van der Waals surface area contributed by atoms with Crippen molar-refractivity contribution in [1.82, 2.24) is 20.2 Å². The van der Waals surface area contributed by atoms with Gasteiger partial charge < -0.3 is 4.74 Å². The Morgan fingerprint density at radius 3 is 2.38 bits per heavy atom. The van der Waals surface area contributed by atoms with Crippen LogP contribution in [-0.4, -0.2) is 39.0 Å². The van der Waals surface area contributed by atoms with Gasteiger partial charge >= 0.3 is 0 Å². The van der Waals surface area contributed by atoms with Gasteiger partial charge in [0.15, 0.2) is 0 Å². The lowest BCUT2D eigenvalue weighted by molar-refractivity contribution is -0.115. The van der Waals surface area contributed by atoms with Gasteiger partial charge in [0.25, 0.3) is 0 Å². The van der Waals surface area contributed by atoms with Crippen LogP contribution in [-0.2, 0) is 4.79 Å². The molecule has 0 saturated carbocycles. The maximum Gasteiger partial charge on any atom is 0.242 e. The average Bonchev–Trinajstić information content (AvgIpc) is 3.29. The monoisotopic (exact) mass is 461 g/mol. The number of carbonyl (C=O) groups is 1. The second-order valence-electron chi connectivity index (χ2n) is 7.10. The van der Waals surface area contributed by atoms with Crippen molar-refractivity contribution < 1.29 is 9.53 Å². The van der Waals surface area contributed by atoms with Crippen LogP contribution in [0.3, 0.4) is 0 Å². The maximum absolute atomic E-state index is 13.4. The highest BCUT2D eigenvalue weighted by Crippen LogP contribution is 2.48. The molecule has 4 aromatic rings. The zero-order valence-corrected chi connectivity index (χ0v) is 19.1. The number of benzene rings is 3. The molecule has 0 bridgehead atoms. The van der Waals surface area contributed by atoms with Crippen molar-refractivity contribution in [1.29, 1.82) is 0 Å². The third kappa shape index (κ3) is 3.74. The smallest absolute Gasteiger partial charge is 0.242 e. The summed E-state index contributed by atoms with van der Waals surface area (Å²) in [6.45, 7) is 1.99. The van der Waals surface area contributed by atoms with Gasteiger partial charge in [0.05, 0.1) is 24.2 Å². The van der Waals surface area contributed by atoms with Gasteiger partial charge in [-0.3, -0.25) is 9.69 Å². The molecule has 2 heterocycles. The number of ether oxygens (including phenoxy) is 1. The summed E-state index contributed by atoms with van der Waals surface area (Å²) in [5.74, 6) is 0.801. The molecule has 0 saturated heterocycles. The second-order valence-corrected chi connectivity index (χ2v) is 9.13. The molecule has 0 atom stereocenters. The van der Waals surface area contributed by atoms with E-state index in [0.29, 0.717) is 10.9 Å². The van der Waals surface area contributed by atoms with E-state index in [1.165, 1.54) is 11.8 Å².